The highest BCUT2D eigenvalue weighted by Crippen LogP contribution is 2.50. The first-order chi connectivity index (χ1) is 11.1. The molecule has 5 nitrogen and oxygen atoms in total. The van der Waals surface area contributed by atoms with E-state index in [1.807, 2.05) is 4.90 Å². The number of hydrogen-bond donors (Lipinski definition) is 1. The van der Waals surface area contributed by atoms with E-state index in [2.05, 4.69) is 0 Å². The van der Waals surface area contributed by atoms with Crippen molar-refractivity contribution in [1.29, 1.82) is 0 Å². The van der Waals surface area contributed by atoms with Gasteiger partial charge in [-0.05, 0) is 56.3 Å². The van der Waals surface area contributed by atoms with E-state index in [1.165, 1.54) is 31.7 Å². The van der Waals surface area contributed by atoms with Crippen LogP contribution in [0.3, 0.4) is 0 Å². The number of carboxylic acids is 1. The third-order valence-electron chi connectivity index (χ3n) is 6.15. The fraction of sp³-hybridized carbons (Fsp3) is 0.667. The van der Waals surface area contributed by atoms with E-state index in [-0.39, 0.29) is 17.2 Å². The van der Waals surface area contributed by atoms with Gasteiger partial charge in [0.1, 0.15) is 6.26 Å². The van der Waals surface area contributed by atoms with Crippen molar-refractivity contribution < 1.29 is 19.1 Å². The van der Waals surface area contributed by atoms with Crippen LogP contribution in [-0.4, -0.2) is 34.5 Å². The second-order valence-electron chi connectivity index (χ2n) is 7.47. The molecule has 1 N–H and O–H groups in total. The van der Waals surface area contributed by atoms with E-state index in [9.17, 15) is 9.59 Å². The van der Waals surface area contributed by atoms with Crippen LogP contribution in [0.25, 0.3) is 0 Å². The summed E-state index contributed by atoms with van der Waals surface area (Å²) in [4.78, 5) is 25.5. The number of fused-ring (bicyclic) bond motifs is 2. The Hall–Kier alpha value is -1.78. The number of nitrogens with zero attached hydrogens (tertiary/aromatic N) is 1. The highest BCUT2D eigenvalue weighted by atomic mass is 16.4. The summed E-state index contributed by atoms with van der Waals surface area (Å²) in [7, 11) is 0. The van der Waals surface area contributed by atoms with Crippen LogP contribution in [0.1, 0.15) is 65.9 Å². The van der Waals surface area contributed by atoms with E-state index >= 15 is 0 Å². The van der Waals surface area contributed by atoms with Crippen LogP contribution in [0, 0.1) is 17.8 Å². The predicted octanol–water partition coefficient (Wildman–Crippen LogP) is 3.41. The van der Waals surface area contributed by atoms with Crippen molar-refractivity contribution in [3.63, 3.8) is 0 Å². The van der Waals surface area contributed by atoms with E-state index in [0.717, 1.165) is 49.8 Å². The van der Waals surface area contributed by atoms with E-state index < -0.39 is 5.97 Å². The molecule has 2 aliphatic carbocycles. The lowest BCUT2D eigenvalue weighted by Gasteiger charge is -2.29. The first-order valence-electron chi connectivity index (χ1n) is 8.74. The van der Waals surface area contributed by atoms with Gasteiger partial charge in [-0.15, -0.1) is 0 Å². The monoisotopic (exact) mass is 317 g/mol. The number of carbonyl (C=O) groups is 2. The smallest absolute Gasteiger partial charge is 0.338 e. The molecule has 0 radical (unpaired) electrons. The molecule has 1 aromatic heterocycles. The van der Waals surface area contributed by atoms with Gasteiger partial charge in [-0.25, -0.2) is 4.79 Å². The molecule has 3 aliphatic rings. The normalized spacial score (nSPS) is 32.6. The van der Waals surface area contributed by atoms with Crippen LogP contribution < -0.4 is 0 Å². The molecular weight excluding hydrogens is 294 g/mol. The highest BCUT2D eigenvalue weighted by Gasteiger charge is 2.42. The molecule has 0 aromatic carbocycles. The topological polar surface area (TPSA) is 70.7 Å². The first-order valence-corrected chi connectivity index (χ1v) is 8.74. The van der Waals surface area contributed by atoms with Gasteiger partial charge in [-0.1, -0.05) is 6.42 Å². The van der Waals surface area contributed by atoms with Gasteiger partial charge in [0, 0.05) is 18.7 Å². The fourth-order valence-corrected chi connectivity index (χ4v) is 5.06. The fourth-order valence-electron chi connectivity index (χ4n) is 5.06. The minimum atomic E-state index is -1.06. The number of carboxylic acid groups (broad SMARTS) is 1. The molecule has 3 fully saturated rings. The van der Waals surface area contributed by atoms with Crippen LogP contribution in [0.15, 0.2) is 16.7 Å². The number of furan rings is 1. The molecule has 2 saturated carbocycles. The number of rotatable bonds is 4. The maximum absolute atomic E-state index is 12.7. The van der Waals surface area contributed by atoms with Crippen LogP contribution in [0.5, 0.6) is 0 Å². The van der Waals surface area contributed by atoms with Gasteiger partial charge >= 0.3 is 5.97 Å². The van der Waals surface area contributed by atoms with Crippen LogP contribution in [-0.2, 0) is 0 Å². The van der Waals surface area contributed by atoms with Crippen molar-refractivity contribution in [2.24, 2.45) is 17.8 Å². The van der Waals surface area contributed by atoms with E-state index in [1.54, 1.807) is 0 Å². The molecule has 1 amide bonds. The zero-order chi connectivity index (χ0) is 16.0. The maximum atomic E-state index is 12.7. The standard InChI is InChI=1S/C18H23NO4/c20-17(16-9-14(10-23-16)18(21)22)19-5-1-2-15(19)8-13-7-11-3-4-12(13)6-11/h9-13,15H,1-8H2,(H,21,22). The summed E-state index contributed by atoms with van der Waals surface area (Å²) in [5.41, 5.74) is 0.0391. The number of carbonyl (C=O) groups excluding carboxylic acids is 1. The number of amides is 1. The lowest BCUT2D eigenvalue weighted by molar-refractivity contribution is 0.0672. The van der Waals surface area contributed by atoms with Gasteiger partial charge in [0.2, 0.25) is 0 Å². The Labute approximate surface area is 135 Å². The molecule has 23 heavy (non-hydrogen) atoms. The Morgan fingerprint density at radius 1 is 1.26 bits per heavy atom. The Morgan fingerprint density at radius 2 is 2.13 bits per heavy atom. The molecule has 2 heterocycles. The minimum absolute atomic E-state index is 0.0391. The second kappa shape index (κ2) is 5.69. The third kappa shape index (κ3) is 2.66. The third-order valence-corrected chi connectivity index (χ3v) is 6.15. The molecular formula is C18H23NO4. The zero-order valence-corrected chi connectivity index (χ0v) is 13.2. The molecule has 1 aliphatic heterocycles. The van der Waals surface area contributed by atoms with Crippen LogP contribution >= 0.6 is 0 Å². The van der Waals surface area contributed by atoms with Gasteiger partial charge in [-0.2, -0.15) is 0 Å². The number of likely N-dealkylation sites (tertiary alicyclic amines) is 1. The lowest BCUT2D eigenvalue weighted by Crippen LogP contribution is -2.37. The highest BCUT2D eigenvalue weighted by molar-refractivity contribution is 5.95. The minimum Gasteiger partial charge on any atom is -0.478 e. The lowest BCUT2D eigenvalue weighted by atomic mass is 9.83. The van der Waals surface area contributed by atoms with Crippen LogP contribution in [0.2, 0.25) is 0 Å². The molecule has 4 atom stereocenters. The molecule has 124 valence electrons. The van der Waals surface area contributed by atoms with E-state index in [0.29, 0.717) is 6.04 Å². The van der Waals surface area contributed by atoms with E-state index in [4.69, 9.17) is 9.52 Å². The maximum Gasteiger partial charge on any atom is 0.338 e. The summed E-state index contributed by atoms with van der Waals surface area (Å²) in [5, 5.41) is 8.96. The average molecular weight is 317 g/mol. The Bertz CT molecular complexity index is 622. The zero-order valence-electron chi connectivity index (χ0n) is 13.2. The van der Waals surface area contributed by atoms with Gasteiger partial charge in [0.25, 0.3) is 5.91 Å². The summed E-state index contributed by atoms with van der Waals surface area (Å²) in [5.74, 6) is 1.52. The van der Waals surface area contributed by atoms with Crippen molar-refractivity contribution in [1.82, 2.24) is 4.90 Å². The van der Waals surface area contributed by atoms with Crippen molar-refractivity contribution >= 4 is 11.9 Å². The van der Waals surface area contributed by atoms with Crippen molar-refractivity contribution in [2.45, 2.75) is 51.0 Å². The summed E-state index contributed by atoms with van der Waals surface area (Å²) >= 11 is 0. The molecule has 4 rings (SSSR count). The molecule has 2 bridgehead atoms. The first kappa shape index (κ1) is 14.8. The second-order valence-corrected chi connectivity index (χ2v) is 7.47. The van der Waals surface area contributed by atoms with Gasteiger partial charge in [0.05, 0.1) is 5.56 Å². The van der Waals surface area contributed by atoms with Gasteiger partial charge in [0.15, 0.2) is 5.76 Å². The summed E-state index contributed by atoms with van der Waals surface area (Å²) in [6.07, 6.45) is 9.86. The van der Waals surface area contributed by atoms with Crippen molar-refractivity contribution in [3.05, 3.63) is 23.7 Å². The predicted molar refractivity (Wildman–Crippen MR) is 83.3 cm³/mol. The SMILES string of the molecule is O=C(O)c1coc(C(=O)N2CCCC2CC2CC3CCC2C3)c1. The summed E-state index contributed by atoms with van der Waals surface area (Å²) in [6.45, 7) is 0.757. The molecule has 0 spiro atoms. The average Bonchev–Trinajstić information content (AvgIpc) is 3.30. The van der Waals surface area contributed by atoms with Gasteiger partial charge in [-0.3, -0.25) is 4.79 Å². The molecule has 1 aromatic rings. The van der Waals surface area contributed by atoms with Gasteiger partial charge < -0.3 is 14.4 Å². The molecule has 1 saturated heterocycles. The van der Waals surface area contributed by atoms with Crippen molar-refractivity contribution in [3.8, 4) is 0 Å². The Kier molecular flexibility index (Phi) is 3.66. The summed E-state index contributed by atoms with van der Waals surface area (Å²) in [6, 6.07) is 1.64. The van der Waals surface area contributed by atoms with Crippen LogP contribution in [0.4, 0.5) is 0 Å². The largest absolute Gasteiger partial charge is 0.478 e. The number of hydrogen-bond acceptors (Lipinski definition) is 3. The Balaban J connectivity index is 1.44. The summed E-state index contributed by atoms with van der Waals surface area (Å²) < 4.78 is 5.20. The number of aromatic carboxylic acids is 1. The quantitative estimate of drug-likeness (QED) is 0.924. The molecule has 4 unspecified atom stereocenters. The Morgan fingerprint density at radius 3 is 2.78 bits per heavy atom. The van der Waals surface area contributed by atoms with Crippen molar-refractivity contribution in [2.75, 3.05) is 6.54 Å². The molecule has 5 heteroatoms.